The highest BCUT2D eigenvalue weighted by atomic mass is 32.2. The molecule has 0 radical (unpaired) electrons. The minimum absolute atomic E-state index is 0.00240. The van der Waals surface area contributed by atoms with Gasteiger partial charge in [0.05, 0.1) is 19.3 Å². The van der Waals surface area contributed by atoms with Gasteiger partial charge in [0.1, 0.15) is 27.8 Å². The molecule has 2 aliphatic carbocycles. The highest BCUT2D eigenvalue weighted by molar-refractivity contribution is 7.85. The Morgan fingerprint density at radius 2 is 0.766 bits per heavy atom. The van der Waals surface area contributed by atoms with Crippen molar-refractivity contribution in [1.82, 2.24) is 17.2 Å². The van der Waals surface area contributed by atoms with Crippen LogP contribution in [0.2, 0.25) is 25.3 Å². The monoisotopic (exact) mass is 1440 g/mol. The standard InChI is InChI=1S/2C12H24BN3O7S.2C11H24BN3O7S/c14-11(3-4-11)8-23-24(21,22)16-6-9(2-1-5-13(19)20)12(15,7-16)10(17)18;14-7-11(3-4-11)23-24(21,22)16-6-9(2-1-5-13(19)20)12(15,8-16)10(17)18;1-8(13)6-22-23(20,21)15-5-9(3-2-4-12(18)19)11(14,7-15)10(16)17;1-8(5-13)22-23(20,21)15-6-9(3-2-4-12(18)19)11(14,7-15)10(16)17/h2*9,19-20H,1-8,14-15H2,(H,17,18);2*8-9,18-19H,2-7,13-14H2,1H3,(H,16,17)/t2*9-,12-;2*8?,9-,11-/m0000/s1. The lowest BCUT2D eigenvalue weighted by molar-refractivity contribution is -0.145. The number of hydrogen-bond donors (Lipinski definition) is 20. The third-order valence-corrected chi connectivity index (χ3v) is 22.9. The molecule has 0 amide bonds. The van der Waals surface area contributed by atoms with Crippen LogP contribution in [0.5, 0.6) is 0 Å². The van der Waals surface area contributed by atoms with Gasteiger partial charge in [0.25, 0.3) is 0 Å². The molecular weight excluding hydrogens is 1340 g/mol. The lowest BCUT2D eigenvalue weighted by atomic mass is 9.78. The van der Waals surface area contributed by atoms with Gasteiger partial charge in [0, 0.05) is 101 Å². The zero-order chi connectivity index (χ0) is 72.0. The van der Waals surface area contributed by atoms with E-state index in [2.05, 4.69) is 0 Å². The molecular formula is C46H96B4N12O28S4. The third kappa shape index (κ3) is 24.4. The van der Waals surface area contributed by atoms with Crippen molar-refractivity contribution in [3.63, 3.8) is 0 Å². The van der Waals surface area contributed by atoms with Gasteiger partial charge in [-0.3, -0.25) is 31.7 Å². The number of rotatable bonds is 36. The van der Waals surface area contributed by atoms with Gasteiger partial charge >= 0.3 is 93.6 Å². The first-order chi connectivity index (χ1) is 43.0. The predicted octanol–water partition coefficient (Wildman–Crippen LogP) is -9.46. The fraction of sp³-hybridized carbons (Fsp3) is 0.913. The van der Waals surface area contributed by atoms with Gasteiger partial charge in [0.2, 0.25) is 0 Å². The van der Waals surface area contributed by atoms with E-state index in [9.17, 15) is 73.3 Å². The van der Waals surface area contributed by atoms with Crippen LogP contribution in [-0.4, -0.2) is 288 Å². The molecule has 544 valence electrons. The molecule has 4 heterocycles. The van der Waals surface area contributed by atoms with Crippen LogP contribution in [0.3, 0.4) is 0 Å². The van der Waals surface area contributed by atoms with Gasteiger partial charge in [-0.05, 0) is 90.5 Å². The molecule has 0 aromatic heterocycles. The topological polar surface area (TPSA) is 706 Å². The van der Waals surface area contributed by atoms with Crippen molar-refractivity contribution in [3.8, 4) is 0 Å². The highest BCUT2D eigenvalue weighted by Gasteiger charge is 2.58. The molecule has 0 aromatic carbocycles. The Kier molecular flexibility index (Phi) is 31.6. The van der Waals surface area contributed by atoms with E-state index >= 15 is 0 Å². The predicted molar refractivity (Wildman–Crippen MR) is 334 cm³/mol. The summed E-state index contributed by atoms with van der Waals surface area (Å²) in [6, 6.07) is -0.490. The average Bonchev–Trinajstić information content (AvgIpc) is 1.64. The number of nitrogens with two attached hydrogens (primary N) is 8. The molecule has 6 rings (SSSR count). The van der Waals surface area contributed by atoms with E-state index in [0.29, 0.717) is 51.4 Å². The lowest BCUT2D eigenvalue weighted by Gasteiger charge is -2.25. The van der Waals surface area contributed by atoms with Crippen LogP contribution in [0.15, 0.2) is 0 Å². The zero-order valence-corrected chi connectivity index (χ0v) is 55.8. The first kappa shape index (κ1) is 85.2. The molecule has 28 N–H and O–H groups in total. The van der Waals surface area contributed by atoms with Gasteiger partial charge in [-0.2, -0.15) is 50.9 Å². The Hall–Kier alpha value is -3.02. The summed E-state index contributed by atoms with van der Waals surface area (Å²) in [7, 11) is -22.5. The van der Waals surface area contributed by atoms with Gasteiger partial charge < -0.3 is 106 Å². The molecule has 0 bridgehead atoms. The summed E-state index contributed by atoms with van der Waals surface area (Å²) in [5.74, 6) is -7.84. The highest BCUT2D eigenvalue weighted by Crippen LogP contribution is 2.43. The van der Waals surface area contributed by atoms with E-state index in [1.165, 1.54) is 6.92 Å². The van der Waals surface area contributed by atoms with E-state index in [4.69, 9.17) is 103 Å². The van der Waals surface area contributed by atoms with Crippen LogP contribution in [-0.2, 0) is 77.1 Å². The van der Waals surface area contributed by atoms with Crippen LogP contribution < -0.4 is 45.9 Å². The number of aliphatic carboxylic acids is 4. The van der Waals surface area contributed by atoms with Crippen molar-refractivity contribution < 1.29 is 130 Å². The second-order valence-corrected chi connectivity index (χ2v) is 31.6. The van der Waals surface area contributed by atoms with Crippen molar-refractivity contribution in [2.45, 2.75) is 162 Å². The molecule has 2 unspecified atom stereocenters. The second-order valence-electron chi connectivity index (χ2n) is 25.3. The van der Waals surface area contributed by atoms with E-state index in [-0.39, 0.29) is 103 Å². The van der Waals surface area contributed by atoms with E-state index in [1.54, 1.807) is 6.92 Å². The largest absolute Gasteiger partial charge is 0.480 e. The number of carboxylic acids is 4. The van der Waals surface area contributed by atoms with Crippen molar-refractivity contribution in [2.75, 3.05) is 78.7 Å². The van der Waals surface area contributed by atoms with Crippen molar-refractivity contribution in [1.29, 1.82) is 0 Å². The molecule has 6 aliphatic rings. The van der Waals surface area contributed by atoms with E-state index in [1.807, 2.05) is 0 Å². The zero-order valence-electron chi connectivity index (χ0n) is 52.5. The minimum Gasteiger partial charge on any atom is -0.480 e. The van der Waals surface area contributed by atoms with Gasteiger partial charge in [0.15, 0.2) is 0 Å². The average molecular weight is 1440 g/mol. The molecule has 6 fully saturated rings. The molecule has 0 aromatic rings. The first-order valence-electron chi connectivity index (χ1n) is 30.2. The van der Waals surface area contributed by atoms with Gasteiger partial charge in [-0.25, -0.2) is 4.18 Å². The molecule has 4 saturated heterocycles. The number of carboxylic acid groups (broad SMARTS) is 4. The minimum atomic E-state index is -4.14. The summed E-state index contributed by atoms with van der Waals surface area (Å²) in [4.78, 5) is 46.0. The Morgan fingerprint density at radius 3 is 1.01 bits per heavy atom. The van der Waals surface area contributed by atoms with Crippen LogP contribution in [0.4, 0.5) is 0 Å². The summed E-state index contributed by atoms with van der Waals surface area (Å²) in [5, 5.41) is 108. The summed E-state index contributed by atoms with van der Waals surface area (Å²) < 4.78 is 121. The number of hydrogen-bond acceptors (Lipinski definition) is 32. The fourth-order valence-electron chi connectivity index (χ4n) is 10.7. The second kappa shape index (κ2) is 34.8. The molecule has 48 heteroatoms. The third-order valence-electron chi connectivity index (χ3n) is 17.2. The Morgan fingerprint density at radius 1 is 0.479 bits per heavy atom. The van der Waals surface area contributed by atoms with Gasteiger partial charge in [-0.1, -0.05) is 25.7 Å². The fourth-order valence-corrected chi connectivity index (χ4v) is 16.1. The number of carbonyl (C=O) groups is 4. The lowest BCUT2D eigenvalue weighted by Crippen LogP contribution is -2.55. The SMILES string of the molecule is CC(CN)OS(=O)(=O)N1C[C@H](CCCB(O)O)[C@](N)(C(=O)O)C1.CC(N)COS(=O)(=O)N1C[C@H](CCCB(O)O)[C@](N)(C(=O)O)C1.NC1(COS(=O)(=O)N2C[C@H](CCCB(O)O)[C@](N)(C(=O)O)C2)CC1.NCC1(OS(=O)(=O)N2C[C@H](CCCB(O)O)[C@](N)(C(=O)O)C2)CC1. The summed E-state index contributed by atoms with van der Waals surface area (Å²) in [5.41, 5.74) is 37.3. The normalized spacial score (nSPS) is 28.4. The summed E-state index contributed by atoms with van der Waals surface area (Å²) >= 11 is 0. The van der Waals surface area contributed by atoms with Crippen molar-refractivity contribution in [2.24, 2.45) is 69.5 Å². The number of nitrogens with zero attached hydrogens (tertiary/aromatic N) is 4. The first-order valence-corrected chi connectivity index (χ1v) is 35.7. The Bertz CT molecular complexity index is 2980. The molecule has 4 aliphatic heterocycles. The van der Waals surface area contributed by atoms with Crippen molar-refractivity contribution in [3.05, 3.63) is 0 Å². The van der Waals surface area contributed by atoms with Crippen molar-refractivity contribution >= 4 is 93.6 Å². The molecule has 40 nitrogen and oxygen atoms in total. The van der Waals surface area contributed by atoms with Gasteiger partial charge in [-0.15, -0.1) is 0 Å². The smallest absolute Gasteiger partial charge is 0.451 e. The summed E-state index contributed by atoms with van der Waals surface area (Å²) in [6.45, 7) is 0.780. The maximum absolute atomic E-state index is 12.4. The van der Waals surface area contributed by atoms with Crippen LogP contribution in [0.1, 0.15) is 90.9 Å². The maximum atomic E-state index is 12.4. The maximum Gasteiger partial charge on any atom is 0.451 e. The Labute approximate surface area is 548 Å². The van der Waals surface area contributed by atoms with Crippen LogP contribution in [0.25, 0.3) is 0 Å². The van der Waals surface area contributed by atoms with Crippen LogP contribution in [0, 0.1) is 23.7 Å². The molecule has 0 spiro atoms. The molecule has 10 atom stereocenters. The quantitative estimate of drug-likeness (QED) is 0.0259. The van der Waals surface area contributed by atoms with Crippen LogP contribution >= 0.6 is 0 Å². The van der Waals surface area contributed by atoms with E-state index < -0.39 is 189 Å². The Balaban J connectivity index is 0.000000327. The molecule has 94 heavy (non-hydrogen) atoms. The summed E-state index contributed by atoms with van der Waals surface area (Å²) in [6.07, 6.45) is 4.21. The molecule has 2 saturated carbocycles. The van der Waals surface area contributed by atoms with E-state index in [0.717, 1.165) is 17.2 Å².